The molecule has 104 valence electrons. The molecule has 0 N–H and O–H groups in total. The van der Waals surface area contributed by atoms with E-state index in [2.05, 4.69) is 16.8 Å². The first kappa shape index (κ1) is 14.0. The van der Waals surface area contributed by atoms with Crippen molar-refractivity contribution >= 4 is 5.78 Å². The zero-order valence-electron chi connectivity index (χ0n) is 12.0. The lowest BCUT2D eigenvalue weighted by atomic mass is 9.84. The van der Waals surface area contributed by atoms with Crippen molar-refractivity contribution in [3.05, 3.63) is 0 Å². The van der Waals surface area contributed by atoms with E-state index in [1.807, 2.05) is 6.92 Å². The van der Waals surface area contributed by atoms with Crippen LogP contribution in [0, 0.1) is 5.92 Å². The Balaban J connectivity index is 1.72. The van der Waals surface area contributed by atoms with E-state index in [4.69, 9.17) is 0 Å². The maximum Gasteiger partial charge on any atom is 0.132 e. The van der Waals surface area contributed by atoms with Crippen molar-refractivity contribution in [2.24, 2.45) is 5.92 Å². The lowest BCUT2D eigenvalue weighted by molar-refractivity contribution is -0.118. The molecule has 0 aromatic rings. The number of hydrogen-bond acceptors (Lipinski definition) is 3. The van der Waals surface area contributed by atoms with Gasteiger partial charge in [-0.25, -0.2) is 0 Å². The van der Waals surface area contributed by atoms with Gasteiger partial charge in [-0.1, -0.05) is 6.92 Å². The molecule has 0 amide bonds. The lowest BCUT2D eigenvalue weighted by Crippen LogP contribution is -2.52. The number of likely N-dealkylation sites (tertiary alicyclic amines) is 2. The number of piperidine rings is 2. The van der Waals surface area contributed by atoms with Gasteiger partial charge in [-0.3, -0.25) is 4.79 Å². The third kappa shape index (κ3) is 3.55. The molecule has 18 heavy (non-hydrogen) atoms. The molecule has 3 nitrogen and oxygen atoms in total. The molecule has 0 radical (unpaired) electrons. The molecule has 2 saturated heterocycles. The van der Waals surface area contributed by atoms with Crippen molar-refractivity contribution in [3.8, 4) is 0 Å². The first-order valence-corrected chi connectivity index (χ1v) is 7.65. The van der Waals surface area contributed by atoms with Crippen LogP contribution < -0.4 is 0 Å². The summed E-state index contributed by atoms with van der Waals surface area (Å²) in [6.45, 7) is 6.86. The smallest absolute Gasteiger partial charge is 0.132 e. The Morgan fingerprint density at radius 3 is 2.89 bits per heavy atom. The highest BCUT2D eigenvalue weighted by molar-refractivity contribution is 5.77. The molecule has 2 unspecified atom stereocenters. The Bertz CT molecular complexity index is 280. The summed E-state index contributed by atoms with van der Waals surface area (Å²) < 4.78 is 0. The number of ketones is 1. The van der Waals surface area contributed by atoms with E-state index < -0.39 is 0 Å². The number of carbonyl (C=O) groups is 1. The van der Waals surface area contributed by atoms with E-state index in [0.29, 0.717) is 12.2 Å². The average Bonchev–Trinajstić information content (AvgIpc) is 2.38. The number of Topliss-reactive ketones (excluding diaryl/α,β-unsaturated/α-hetero) is 1. The van der Waals surface area contributed by atoms with Gasteiger partial charge in [-0.2, -0.15) is 0 Å². The standard InChI is InChI=1S/C15H28N2O/c1-3-14(18)7-5-10-17-11-8-15-13(12-17)6-4-9-16(15)2/h13,15H,3-12H2,1-2H3. The number of fused-ring (bicyclic) bond motifs is 1. The minimum absolute atomic E-state index is 0.419. The van der Waals surface area contributed by atoms with Gasteiger partial charge in [0.1, 0.15) is 5.78 Å². The van der Waals surface area contributed by atoms with E-state index in [1.165, 1.54) is 38.9 Å². The van der Waals surface area contributed by atoms with Gasteiger partial charge in [0, 0.05) is 25.4 Å². The zero-order valence-corrected chi connectivity index (χ0v) is 12.0. The summed E-state index contributed by atoms with van der Waals surface area (Å²) in [5, 5.41) is 0. The van der Waals surface area contributed by atoms with Crippen molar-refractivity contribution in [2.75, 3.05) is 33.2 Å². The second-order valence-corrected chi connectivity index (χ2v) is 6.04. The molecule has 3 heteroatoms. The molecule has 2 fully saturated rings. The number of hydrogen-bond donors (Lipinski definition) is 0. The first-order chi connectivity index (χ1) is 8.70. The average molecular weight is 252 g/mol. The van der Waals surface area contributed by atoms with Crippen LogP contribution in [-0.2, 0) is 4.79 Å². The maximum atomic E-state index is 11.3. The van der Waals surface area contributed by atoms with Gasteiger partial charge in [0.15, 0.2) is 0 Å². The maximum absolute atomic E-state index is 11.3. The second kappa shape index (κ2) is 6.67. The van der Waals surface area contributed by atoms with E-state index >= 15 is 0 Å². The summed E-state index contributed by atoms with van der Waals surface area (Å²) in [4.78, 5) is 16.4. The van der Waals surface area contributed by atoms with E-state index in [-0.39, 0.29) is 0 Å². The zero-order chi connectivity index (χ0) is 13.0. The molecule has 2 rings (SSSR count). The van der Waals surface area contributed by atoms with Gasteiger partial charge in [-0.05, 0) is 58.3 Å². The first-order valence-electron chi connectivity index (χ1n) is 7.65. The fourth-order valence-corrected chi connectivity index (χ4v) is 3.61. The van der Waals surface area contributed by atoms with Gasteiger partial charge in [0.2, 0.25) is 0 Å². The predicted octanol–water partition coefficient (Wildman–Crippen LogP) is 2.16. The summed E-state index contributed by atoms with van der Waals surface area (Å²) in [5.41, 5.74) is 0. The topological polar surface area (TPSA) is 23.6 Å². The Kier molecular flexibility index (Phi) is 5.19. The molecule has 0 bridgehead atoms. The third-order valence-corrected chi connectivity index (χ3v) is 4.75. The van der Waals surface area contributed by atoms with Crippen LogP contribution in [0.2, 0.25) is 0 Å². The van der Waals surface area contributed by atoms with Gasteiger partial charge < -0.3 is 9.80 Å². The van der Waals surface area contributed by atoms with Crippen molar-refractivity contribution in [1.82, 2.24) is 9.80 Å². The summed E-state index contributed by atoms with van der Waals surface area (Å²) in [7, 11) is 2.28. The minimum atomic E-state index is 0.419. The van der Waals surface area contributed by atoms with Crippen LogP contribution in [0.25, 0.3) is 0 Å². The molecule has 0 aromatic carbocycles. The Morgan fingerprint density at radius 1 is 1.28 bits per heavy atom. The van der Waals surface area contributed by atoms with Crippen LogP contribution in [0.5, 0.6) is 0 Å². The Morgan fingerprint density at radius 2 is 2.11 bits per heavy atom. The third-order valence-electron chi connectivity index (χ3n) is 4.75. The van der Waals surface area contributed by atoms with E-state index in [0.717, 1.165) is 31.3 Å². The highest BCUT2D eigenvalue weighted by Gasteiger charge is 2.33. The molecule has 0 aliphatic carbocycles. The largest absolute Gasteiger partial charge is 0.303 e. The fourth-order valence-electron chi connectivity index (χ4n) is 3.61. The lowest BCUT2D eigenvalue weighted by Gasteiger charge is -2.46. The molecule has 2 aliphatic heterocycles. The van der Waals surface area contributed by atoms with Crippen molar-refractivity contribution in [1.29, 1.82) is 0 Å². The monoisotopic (exact) mass is 252 g/mol. The molecule has 0 aromatic heterocycles. The molecule has 2 atom stereocenters. The number of rotatable bonds is 5. The summed E-state index contributed by atoms with van der Waals surface area (Å²) >= 11 is 0. The normalized spacial score (nSPS) is 30.1. The van der Waals surface area contributed by atoms with Gasteiger partial charge in [0.05, 0.1) is 0 Å². The van der Waals surface area contributed by atoms with Crippen LogP contribution >= 0.6 is 0 Å². The van der Waals surface area contributed by atoms with E-state index in [9.17, 15) is 4.79 Å². The molecule has 0 saturated carbocycles. The molecule has 2 aliphatic rings. The van der Waals surface area contributed by atoms with Crippen LogP contribution in [0.15, 0.2) is 0 Å². The summed E-state index contributed by atoms with van der Waals surface area (Å²) in [5.74, 6) is 1.29. The summed E-state index contributed by atoms with van der Waals surface area (Å²) in [6, 6.07) is 0.826. The van der Waals surface area contributed by atoms with Crippen LogP contribution in [0.1, 0.15) is 45.4 Å². The molecular weight excluding hydrogens is 224 g/mol. The molecule has 0 spiro atoms. The molecular formula is C15H28N2O. The van der Waals surface area contributed by atoms with Crippen molar-refractivity contribution in [3.63, 3.8) is 0 Å². The number of carbonyl (C=O) groups excluding carboxylic acids is 1. The Hall–Kier alpha value is -0.410. The number of nitrogens with zero attached hydrogens (tertiary/aromatic N) is 2. The van der Waals surface area contributed by atoms with Crippen LogP contribution in [0.4, 0.5) is 0 Å². The highest BCUT2D eigenvalue weighted by atomic mass is 16.1. The van der Waals surface area contributed by atoms with Crippen molar-refractivity contribution < 1.29 is 4.79 Å². The van der Waals surface area contributed by atoms with Crippen LogP contribution in [-0.4, -0.2) is 54.9 Å². The van der Waals surface area contributed by atoms with Gasteiger partial charge in [-0.15, -0.1) is 0 Å². The van der Waals surface area contributed by atoms with Crippen molar-refractivity contribution in [2.45, 2.75) is 51.5 Å². The van der Waals surface area contributed by atoms with Crippen LogP contribution in [0.3, 0.4) is 0 Å². The highest BCUT2D eigenvalue weighted by Crippen LogP contribution is 2.29. The fraction of sp³-hybridized carbons (Fsp3) is 0.933. The predicted molar refractivity (Wildman–Crippen MR) is 74.7 cm³/mol. The van der Waals surface area contributed by atoms with Gasteiger partial charge >= 0.3 is 0 Å². The second-order valence-electron chi connectivity index (χ2n) is 6.04. The minimum Gasteiger partial charge on any atom is -0.303 e. The van der Waals surface area contributed by atoms with Gasteiger partial charge in [0.25, 0.3) is 0 Å². The SMILES string of the molecule is CCC(=O)CCCN1CCC2C(CCCN2C)C1. The van der Waals surface area contributed by atoms with E-state index in [1.54, 1.807) is 0 Å². The summed E-state index contributed by atoms with van der Waals surface area (Å²) in [6.07, 6.45) is 6.62. The Labute approximate surface area is 112 Å². The quantitative estimate of drug-likeness (QED) is 0.749. The molecule has 2 heterocycles.